The van der Waals surface area contributed by atoms with Crippen LogP contribution in [-0.2, 0) is 13.2 Å². The van der Waals surface area contributed by atoms with Crippen LogP contribution in [0.1, 0.15) is 17.5 Å². The number of ether oxygens (including phenoxy) is 1. The largest absolute Gasteiger partial charge is 0.489 e. The maximum Gasteiger partial charge on any atom is 0.124 e. The molecule has 0 amide bonds. The van der Waals surface area contributed by atoms with E-state index < -0.39 is 0 Å². The molecule has 0 fully saturated rings. The predicted octanol–water partition coefficient (Wildman–Crippen LogP) is 5.22. The quantitative estimate of drug-likeness (QED) is 0.493. The molecule has 0 saturated heterocycles. The molecule has 0 atom stereocenters. The van der Waals surface area contributed by atoms with Gasteiger partial charge in [-0.05, 0) is 62.5 Å². The molecule has 2 N–H and O–H groups in total. The van der Waals surface area contributed by atoms with Gasteiger partial charge in [0, 0.05) is 21.6 Å². The molecule has 0 aliphatic carbocycles. The molecule has 0 unspecified atom stereocenters. The smallest absolute Gasteiger partial charge is 0.124 e. The highest BCUT2D eigenvalue weighted by Crippen LogP contribution is 2.24. The molecule has 0 spiro atoms. The highest BCUT2D eigenvalue weighted by molar-refractivity contribution is 9.10. The Morgan fingerprint density at radius 3 is 2.44 bits per heavy atom. The van der Waals surface area contributed by atoms with E-state index in [0.29, 0.717) is 6.61 Å². The number of halogens is 4. The fourth-order valence-corrected chi connectivity index (χ4v) is 2.72. The van der Waals surface area contributed by atoms with Crippen LogP contribution in [0.2, 0.25) is 5.02 Å². The molecule has 2 rings (SSSR count). The van der Waals surface area contributed by atoms with E-state index in [1.165, 1.54) is 0 Å². The Morgan fingerprint density at radius 2 is 1.76 bits per heavy atom. The second-order valence-corrected chi connectivity index (χ2v) is 6.65. The summed E-state index contributed by atoms with van der Waals surface area (Å²) in [5, 5.41) is 7.34. The molecular formula is C18H24BrCl3N2O. The van der Waals surface area contributed by atoms with Crippen molar-refractivity contribution in [2.45, 2.75) is 19.6 Å². The third kappa shape index (κ3) is 9.13. The van der Waals surface area contributed by atoms with E-state index in [4.69, 9.17) is 16.3 Å². The number of nitrogens with one attached hydrogen (secondary N) is 2. The molecule has 140 valence electrons. The van der Waals surface area contributed by atoms with Gasteiger partial charge in [-0.15, -0.1) is 24.8 Å². The minimum Gasteiger partial charge on any atom is -0.489 e. The third-order valence-electron chi connectivity index (χ3n) is 3.43. The first-order valence-electron chi connectivity index (χ1n) is 7.70. The maximum atomic E-state index is 5.98. The lowest BCUT2D eigenvalue weighted by molar-refractivity contribution is 0.302. The topological polar surface area (TPSA) is 33.3 Å². The van der Waals surface area contributed by atoms with Crippen molar-refractivity contribution < 1.29 is 4.74 Å². The van der Waals surface area contributed by atoms with Gasteiger partial charge in [0.25, 0.3) is 0 Å². The molecule has 0 aromatic heterocycles. The van der Waals surface area contributed by atoms with Crippen molar-refractivity contribution in [1.82, 2.24) is 10.6 Å². The Morgan fingerprint density at radius 1 is 1.04 bits per heavy atom. The van der Waals surface area contributed by atoms with Crippen LogP contribution in [0.5, 0.6) is 5.75 Å². The Balaban J connectivity index is 0.00000288. The summed E-state index contributed by atoms with van der Waals surface area (Å²) in [5.74, 6) is 0.907. The van der Waals surface area contributed by atoms with E-state index >= 15 is 0 Å². The fraction of sp³-hybridized carbons (Fsp3) is 0.333. The Kier molecular flexibility index (Phi) is 13.4. The number of benzene rings is 2. The Hall–Kier alpha value is -0.490. The first-order valence-corrected chi connectivity index (χ1v) is 8.87. The van der Waals surface area contributed by atoms with Crippen molar-refractivity contribution in [1.29, 1.82) is 0 Å². The van der Waals surface area contributed by atoms with Crippen LogP contribution in [0.3, 0.4) is 0 Å². The summed E-state index contributed by atoms with van der Waals surface area (Å²) >= 11 is 9.43. The van der Waals surface area contributed by atoms with Crippen LogP contribution in [0, 0.1) is 0 Å². The summed E-state index contributed by atoms with van der Waals surface area (Å²) in [5.41, 5.74) is 2.25. The molecule has 0 bridgehead atoms. The summed E-state index contributed by atoms with van der Waals surface area (Å²) in [7, 11) is 1.97. The zero-order chi connectivity index (χ0) is 16.5. The van der Waals surface area contributed by atoms with Crippen molar-refractivity contribution in [3.05, 3.63) is 63.1 Å². The fourth-order valence-electron chi connectivity index (χ4n) is 2.18. The van der Waals surface area contributed by atoms with Gasteiger partial charge in [-0.2, -0.15) is 0 Å². The third-order valence-corrected chi connectivity index (χ3v) is 4.17. The molecule has 0 heterocycles. The van der Waals surface area contributed by atoms with E-state index in [2.05, 4.69) is 32.6 Å². The highest BCUT2D eigenvalue weighted by Gasteiger charge is 2.05. The molecule has 0 aliphatic rings. The Bertz CT molecular complexity index is 612. The average molecular weight is 471 g/mol. The summed E-state index contributed by atoms with van der Waals surface area (Å²) in [4.78, 5) is 0. The normalized spacial score (nSPS) is 9.88. The first kappa shape index (κ1) is 24.5. The SMILES string of the molecule is CNCCCNCc1cc(Br)ccc1OCc1ccc(Cl)cc1.Cl.Cl. The van der Waals surface area contributed by atoms with Crippen LogP contribution >= 0.6 is 52.3 Å². The van der Waals surface area contributed by atoms with E-state index in [0.717, 1.165) is 52.4 Å². The molecular weight excluding hydrogens is 446 g/mol. The van der Waals surface area contributed by atoms with E-state index in [-0.39, 0.29) is 24.8 Å². The second-order valence-electron chi connectivity index (χ2n) is 5.30. The molecule has 7 heteroatoms. The first-order chi connectivity index (χ1) is 11.2. The van der Waals surface area contributed by atoms with E-state index in [1.54, 1.807) is 0 Å². The molecule has 2 aromatic carbocycles. The van der Waals surface area contributed by atoms with Gasteiger partial charge in [-0.3, -0.25) is 0 Å². The van der Waals surface area contributed by atoms with E-state index in [9.17, 15) is 0 Å². The molecule has 2 aromatic rings. The summed E-state index contributed by atoms with van der Waals surface area (Å²) in [6.07, 6.45) is 1.10. The number of hydrogen-bond donors (Lipinski definition) is 2. The minimum absolute atomic E-state index is 0. The monoisotopic (exact) mass is 468 g/mol. The van der Waals surface area contributed by atoms with Gasteiger partial charge in [-0.1, -0.05) is 39.7 Å². The van der Waals surface area contributed by atoms with Crippen molar-refractivity contribution in [2.75, 3.05) is 20.1 Å². The lowest BCUT2D eigenvalue weighted by Gasteiger charge is -2.13. The van der Waals surface area contributed by atoms with E-state index in [1.807, 2.05) is 43.4 Å². The maximum absolute atomic E-state index is 5.98. The van der Waals surface area contributed by atoms with Gasteiger partial charge in [0.1, 0.15) is 12.4 Å². The standard InChI is InChI=1S/C18H22BrClN2O.2ClH/c1-21-9-2-10-22-12-15-11-16(19)5-8-18(15)23-13-14-3-6-17(20)7-4-14;;/h3-8,11,21-22H,2,9-10,12-13H2,1H3;2*1H. The minimum atomic E-state index is 0. The van der Waals surface area contributed by atoms with Gasteiger partial charge in [0.05, 0.1) is 0 Å². The van der Waals surface area contributed by atoms with Gasteiger partial charge in [0.15, 0.2) is 0 Å². The van der Waals surface area contributed by atoms with Gasteiger partial charge < -0.3 is 15.4 Å². The van der Waals surface area contributed by atoms with Crippen molar-refractivity contribution >= 4 is 52.3 Å². The van der Waals surface area contributed by atoms with Crippen molar-refractivity contribution in [3.63, 3.8) is 0 Å². The average Bonchev–Trinajstić information content (AvgIpc) is 2.55. The van der Waals surface area contributed by atoms with Crippen molar-refractivity contribution in [2.24, 2.45) is 0 Å². The molecule has 0 aliphatic heterocycles. The van der Waals surface area contributed by atoms with Crippen molar-refractivity contribution in [3.8, 4) is 5.75 Å². The summed E-state index contributed by atoms with van der Waals surface area (Å²) in [6, 6.07) is 13.8. The van der Waals surface area contributed by atoms with Crippen LogP contribution in [0.4, 0.5) is 0 Å². The molecule has 0 saturated carbocycles. The zero-order valence-electron chi connectivity index (χ0n) is 14.1. The summed E-state index contributed by atoms with van der Waals surface area (Å²) in [6.45, 7) is 3.32. The van der Waals surface area contributed by atoms with Crippen LogP contribution in [0.15, 0.2) is 46.9 Å². The lowest BCUT2D eigenvalue weighted by atomic mass is 10.2. The molecule has 3 nitrogen and oxygen atoms in total. The zero-order valence-corrected chi connectivity index (χ0v) is 18.0. The lowest BCUT2D eigenvalue weighted by Crippen LogP contribution is -2.19. The van der Waals surface area contributed by atoms with Crippen LogP contribution in [-0.4, -0.2) is 20.1 Å². The second kappa shape index (κ2) is 13.7. The Labute approximate surface area is 175 Å². The molecule has 0 radical (unpaired) electrons. The molecule has 25 heavy (non-hydrogen) atoms. The van der Waals surface area contributed by atoms with Crippen LogP contribution < -0.4 is 15.4 Å². The van der Waals surface area contributed by atoms with Crippen LogP contribution in [0.25, 0.3) is 0 Å². The van der Waals surface area contributed by atoms with Gasteiger partial charge in [-0.25, -0.2) is 0 Å². The summed E-state index contributed by atoms with van der Waals surface area (Å²) < 4.78 is 7.04. The number of hydrogen-bond acceptors (Lipinski definition) is 3. The predicted molar refractivity (Wildman–Crippen MR) is 115 cm³/mol. The number of rotatable bonds is 9. The highest BCUT2D eigenvalue weighted by atomic mass is 79.9. The van der Waals surface area contributed by atoms with Gasteiger partial charge in [0.2, 0.25) is 0 Å². The van der Waals surface area contributed by atoms with Gasteiger partial charge >= 0.3 is 0 Å².